The summed E-state index contributed by atoms with van der Waals surface area (Å²) in [5.41, 5.74) is 3.48. The highest BCUT2D eigenvalue weighted by Gasteiger charge is 2.37. The van der Waals surface area contributed by atoms with Crippen molar-refractivity contribution in [1.29, 1.82) is 0 Å². The zero-order chi connectivity index (χ0) is 24.5. The predicted molar refractivity (Wildman–Crippen MR) is 138 cm³/mol. The van der Waals surface area contributed by atoms with E-state index < -0.39 is 12.1 Å². The molecule has 1 aliphatic rings. The van der Waals surface area contributed by atoms with Crippen molar-refractivity contribution in [2.75, 3.05) is 10.2 Å². The number of benzene rings is 2. The number of ether oxygens (including phenoxy) is 1. The molecular formula is C26H21ClN4O3S. The van der Waals surface area contributed by atoms with E-state index in [0.717, 1.165) is 22.0 Å². The average Bonchev–Trinajstić information content (AvgIpc) is 3.37. The van der Waals surface area contributed by atoms with Gasteiger partial charge in [0.15, 0.2) is 6.10 Å². The van der Waals surface area contributed by atoms with Crippen LogP contribution in [0.1, 0.15) is 13.8 Å². The van der Waals surface area contributed by atoms with E-state index in [9.17, 15) is 9.59 Å². The van der Waals surface area contributed by atoms with Crippen molar-refractivity contribution in [3.8, 4) is 27.7 Å². The molecule has 2 atom stereocenters. The molecule has 0 fully saturated rings. The molecule has 2 unspecified atom stereocenters. The van der Waals surface area contributed by atoms with Crippen molar-refractivity contribution in [2.45, 2.75) is 26.0 Å². The summed E-state index contributed by atoms with van der Waals surface area (Å²) in [5.74, 6) is -0.0785. The lowest BCUT2D eigenvalue weighted by Gasteiger charge is -2.36. The first kappa shape index (κ1) is 23.0. The Kier molecular flexibility index (Phi) is 6.23. The second kappa shape index (κ2) is 9.48. The molecule has 2 aromatic carbocycles. The number of aromatic nitrogens is 2. The van der Waals surface area contributed by atoms with Crippen LogP contribution in [0.25, 0.3) is 22.0 Å². The van der Waals surface area contributed by atoms with Crippen LogP contribution in [-0.4, -0.2) is 33.9 Å². The second-order valence-corrected chi connectivity index (χ2v) is 9.37. The normalized spacial score (nSPS) is 15.8. The van der Waals surface area contributed by atoms with Crippen LogP contribution in [0, 0.1) is 0 Å². The maximum atomic E-state index is 13.1. The van der Waals surface area contributed by atoms with E-state index in [1.807, 2.05) is 41.8 Å². The predicted octanol–water partition coefficient (Wildman–Crippen LogP) is 5.67. The van der Waals surface area contributed by atoms with Crippen molar-refractivity contribution >= 4 is 46.1 Å². The summed E-state index contributed by atoms with van der Waals surface area (Å²) < 4.78 is 5.84. The Hall–Kier alpha value is -3.75. The third-order valence-corrected chi connectivity index (χ3v) is 6.79. The molecule has 35 heavy (non-hydrogen) atoms. The fourth-order valence-electron chi connectivity index (χ4n) is 3.83. The minimum Gasteiger partial charge on any atom is -0.479 e. The molecule has 2 amide bonds. The van der Waals surface area contributed by atoms with Crippen molar-refractivity contribution < 1.29 is 14.3 Å². The molecule has 0 spiro atoms. The van der Waals surface area contributed by atoms with Gasteiger partial charge in [0.2, 0.25) is 5.91 Å². The zero-order valence-corrected chi connectivity index (χ0v) is 20.5. The van der Waals surface area contributed by atoms with E-state index in [1.165, 1.54) is 16.2 Å². The van der Waals surface area contributed by atoms with Crippen LogP contribution in [0.3, 0.4) is 0 Å². The van der Waals surface area contributed by atoms with Crippen LogP contribution in [0.4, 0.5) is 11.4 Å². The quantitative estimate of drug-likeness (QED) is 0.378. The first-order chi connectivity index (χ1) is 16.9. The molecule has 3 heterocycles. The summed E-state index contributed by atoms with van der Waals surface area (Å²) in [6.07, 6.45) is 1.02. The SMILES string of the molecule is CC1Oc2ccc(-c3csc(-c4ccccn4)n3)cc2N(C(C)C(=O)Nc2ccc(Cl)cc2)C1=O. The highest BCUT2D eigenvalue weighted by molar-refractivity contribution is 7.13. The number of pyridine rings is 1. The Morgan fingerprint density at radius 2 is 1.94 bits per heavy atom. The lowest BCUT2D eigenvalue weighted by Crippen LogP contribution is -2.52. The number of rotatable bonds is 5. The van der Waals surface area contributed by atoms with Crippen LogP contribution in [-0.2, 0) is 9.59 Å². The number of anilines is 2. The van der Waals surface area contributed by atoms with E-state index >= 15 is 0 Å². The van der Waals surface area contributed by atoms with Crippen LogP contribution in [0.5, 0.6) is 5.75 Å². The number of thiazole rings is 1. The van der Waals surface area contributed by atoms with Crippen LogP contribution in [0.2, 0.25) is 5.02 Å². The van der Waals surface area contributed by atoms with Gasteiger partial charge in [0.25, 0.3) is 5.91 Å². The number of carbonyl (C=O) groups excluding carboxylic acids is 2. The van der Waals surface area contributed by atoms with Crippen molar-refractivity contribution in [3.63, 3.8) is 0 Å². The minimum absolute atomic E-state index is 0.291. The molecule has 0 radical (unpaired) electrons. The summed E-state index contributed by atoms with van der Waals surface area (Å²) in [7, 11) is 0. The van der Waals surface area contributed by atoms with Gasteiger partial charge in [-0.2, -0.15) is 0 Å². The van der Waals surface area contributed by atoms with Crippen molar-refractivity contribution in [3.05, 3.63) is 77.3 Å². The molecule has 0 saturated carbocycles. The van der Waals surface area contributed by atoms with E-state index in [1.54, 1.807) is 44.3 Å². The van der Waals surface area contributed by atoms with Gasteiger partial charge in [-0.1, -0.05) is 17.7 Å². The highest BCUT2D eigenvalue weighted by Crippen LogP contribution is 2.39. The molecule has 1 N–H and O–H groups in total. The number of carbonyl (C=O) groups is 2. The molecule has 5 rings (SSSR count). The van der Waals surface area contributed by atoms with Gasteiger partial charge in [-0.05, 0) is 68.4 Å². The lowest BCUT2D eigenvalue weighted by molar-refractivity contribution is -0.128. The van der Waals surface area contributed by atoms with E-state index in [-0.39, 0.29) is 11.8 Å². The maximum Gasteiger partial charge on any atom is 0.268 e. The first-order valence-electron chi connectivity index (χ1n) is 11.0. The summed E-state index contributed by atoms with van der Waals surface area (Å²) in [6, 6.07) is 17.3. The molecular weight excluding hydrogens is 484 g/mol. The smallest absolute Gasteiger partial charge is 0.268 e. The fourth-order valence-corrected chi connectivity index (χ4v) is 4.76. The molecule has 9 heteroatoms. The number of nitrogens with one attached hydrogen (secondary N) is 1. The Balaban J connectivity index is 1.46. The van der Waals surface area contributed by atoms with Crippen molar-refractivity contribution in [2.24, 2.45) is 0 Å². The summed E-state index contributed by atoms with van der Waals surface area (Å²) in [6.45, 7) is 3.37. The molecule has 2 aromatic heterocycles. The number of fused-ring (bicyclic) bond motifs is 1. The number of halogens is 1. The van der Waals surface area contributed by atoms with Gasteiger partial charge in [0.05, 0.1) is 17.1 Å². The molecule has 4 aromatic rings. The largest absolute Gasteiger partial charge is 0.479 e. The average molecular weight is 505 g/mol. The number of nitrogens with zero attached hydrogens (tertiary/aromatic N) is 3. The number of amides is 2. The monoisotopic (exact) mass is 504 g/mol. The fraction of sp³-hybridized carbons (Fsp3) is 0.154. The van der Waals surface area contributed by atoms with Gasteiger partial charge >= 0.3 is 0 Å². The minimum atomic E-state index is -0.780. The van der Waals surface area contributed by atoms with Crippen LogP contribution < -0.4 is 15.0 Å². The number of hydrogen-bond donors (Lipinski definition) is 1. The van der Waals surface area contributed by atoms with E-state index in [0.29, 0.717) is 22.1 Å². The van der Waals surface area contributed by atoms with Gasteiger partial charge in [-0.3, -0.25) is 19.5 Å². The summed E-state index contributed by atoms with van der Waals surface area (Å²) >= 11 is 7.43. The summed E-state index contributed by atoms with van der Waals surface area (Å²) in [5, 5.41) is 6.17. The molecule has 0 saturated heterocycles. The van der Waals surface area contributed by atoms with Crippen LogP contribution in [0.15, 0.2) is 72.2 Å². The second-order valence-electron chi connectivity index (χ2n) is 8.08. The van der Waals surface area contributed by atoms with Gasteiger partial charge in [0, 0.05) is 27.9 Å². The van der Waals surface area contributed by atoms with Crippen molar-refractivity contribution in [1.82, 2.24) is 9.97 Å². The van der Waals surface area contributed by atoms with Gasteiger partial charge in [-0.15, -0.1) is 11.3 Å². The third-order valence-electron chi connectivity index (χ3n) is 5.67. The Labute approximate surface area is 211 Å². The lowest BCUT2D eigenvalue weighted by atomic mass is 10.1. The van der Waals surface area contributed by atoms with Gasteiger partial charge in [-0.25, -0.2) is 4.98 Å². The first-order valence-corrected chi connectivity index (χ1v) is 12.2. The molecule has 0 aliphatic carbocycles. The third kappa shape index (κ3) is 4.62. The maximum absolute atomic E-state index is 13.1. The Morgan fingerprint density at radius 3 is 2.69 bits per heavy atom. The molecule has 7 nitrogen and oxygen atoms in total. The Morgan fingerprint density at radius 1 is 1.14 bits per heavy atom. The zero-order valence-electron chi connectivity index (χ0n) is 18.9. The molecule has 176 valence electrons. The molecule has 0 bridgehead atoms. The van der Waals surface area contributed by atoms with E-state index in [4.69, 9.17) is 21.3 Å². The van der Waals surface area contributed by atoms with Gasteiger partial charge < -0.3 is 10.1 Å². The summed E-state index contributed by atoms with van der Waals surface area (Å²) in [4.78, 5) is 36.8. The topological polar surface area (TPSA) is 84.4 Å². The molecule has 1 aliphatic heterocycles. The van der Waals surface area contributed by atoms with Crippen LogP contribution >= 0.6 is 22.9 Å². The number of hydrogen-bond acceptors (Lipinski definition) is 6. The van der Waals surface area contributed by atoms with E-state index in [2.05, 4.69) is 10.3 Å². The van der Waals surface area contributed by atoms with Gasteiger partial charge in [0.1, 0.15) is 16.8 Å². The Bertz CT molecular complexity index is 1390. The standard InChI is InChI=1S/C26H21ClN4O3S/c1-15(24(32)29-19-9-7-18(27)8-10-19)31-22-13-17(6-11-23(22)34-16(2)26(31)33)21-14-35-25(30-21)20-5-3-4-12-28-20/h3-16H,1-2H3,(H,29,32). The highest BCUT2D eigenvalue weighted by atomic mass is 35.5.